The number of aromatic amines is 1. The molecular weight excluding hydrogens is 471 g/mol. The second-order valence-electron chi connectivity index (χ2n) is 8.26. The van der Waals surface area contributed by atoms with Crippen molar-refractivity contribution in [1.29, 1.82) is 0 Å². The van der Waals surface area contributed by atoms with Crippen LogP contribution >= 0.6 is 0 Å². The average molecular weight is 498 g/mol. The van der Waals surface area contributed by atoms with Crippen molar-refractivity contribution in [2.75, 3.05) is 19.5 Å². The monoisotopic (exact) mass is 498 g/mol. The number of H-pyrrole nitrogens is 1. The molecule has 5 N–H and O–H groups in total. The summed E-state index contributed by atoms with van der Waals surface area (Å²) < 4.78 is 36.3. The molecule has 1 unspecified atom stereocenters. The fraction of sp³-hybridized carbons (Fsp3) is 0.600. The number of alkyl halides is 1. The number of anilines is 1. The SMILES string of the molecule is COC(=O)CC(OC(=O)[C@@H](N)C(C)C)C(=O)OC[C@H]1O[C@@H](n2cnc3c(=O)[nH]c(N)nc32)C[C@@H]1F. The number of imidazole rings is 1. The van der Waals surface area contributed by atoms with Crippen LogP contribution < -0.4 is 17.0 Å². The Balaban J connectivity index is 1.66. The molecule has 0 aliphatic carbocycles. The Morgan fingerprint density at radius 1 is 1.34 bits per heavy atom. The van der Waals surface area contributed by atoms with Gasteiger partial charge in [0, 0.05) is 6.42 Å². The summed E-state index contributed by atoms with van der Waals surface area (Å²) in [6.45, 7) is 2.82. The molecule has 0 aromatic carbocycles. The van der Waals surface area contributed by atoms with Crippen LogP contribution in [0.5, 0.6) is 0 Å². The van der Waals surface area contributed by atoms with Crippen LogP contribution in [0, 0.1) is 5.92 Å². The molecule has 2 aromatic heterocycles. The second kappa shape index (κ2) is 10.8. The summed E-state index contributed by atoms with van der Waals surface area (Å²) in [4.78, 5) is 58.6. The van der Waals surface area contributed by atoms with Gasteiger partial charge >= 0.3 is 17.9 Å². The van der Waals surface area contributed by atoms with Crippen LogP contribution in [0.15, 0.2) is 11.1 Å². The molecule has 1 fully saturated rings. The molecule has 35 heavy (non-hydrogen) atoms. The van der Waals surface area contributed by atoms with Gasteiger partial charge in [0.05, 0.1) is 19.9 Å². The minimum atomic E-state index is -1.63. The van der Waals surface area contributed by atoms with Crippen molar-refractivity contribution in [2.45, 2.75) is 57.3 Å². The third-order valence-electron chi connectivity index (χ3n) is 5.40. The molecule has 3 rings (SSSR count). The smallest absolute Gasteiger partial charge is 0.348 e. The number of methoxy groups -OCH3 is 1. The lowest BCUT2D eigenvalue weighted by molar-refractivity contribution is -0.175. The Bertz CT molecular complexity index is 1150. The van der Waals surface area contributed by atoms with Gasteiger partial charge < -0.3 is 30.4 Å². The molecule has 2 aromatic rings. The van der Waals surface area contributed by atoms with Crippen LogP contribution in [0.25, 0.3) is 11.2 Å². The van der Waals surface area contributed by atoms with E-state index in [0.717, 1.165) is 7.11 Å². The lowest BCUT2D eigenvalue weighted by atomic mass is 10.1. The zero-order chi connectivity index (χ0) is 25.9. The maximum atomic E-state index is 14.7. The van der Waals surface area contributed by atoms with Crippen molar-refractivity contribution < 1.29 is 37.7 Å². The summed E-state index contributed by atoms with van der Waals surface area (Å²) in [5, 5.41) is 0. The first-order valence-corrected chi connectivity index (χ1v) is 10.7. The molecule has 1 aliphatic heterocycles. The quantitative estimate of drug-likeness (QED) is 0.291. The number of carbonyl (C=O) groups is 3. The number of rotatable bonds is 9. The van der Waals surface area contributed by atoms with Gasteiger partial charge in [0.2, 0.25) is 12.1 Å². The Hall–Kier alpha value is -3.59. The Morgan fingerprint density at radius 3 is 2.71 bits per heavy atom. The summed E-state index contributed by atoms with van der Waals surface area (Å²) in [6, 6.07) is -1.03. The number of hydrogen-bond donors (Lipinski definition) is 3. The van der Waals surface area contributed by atoms with Crippen molar-refractivity contribution >= 4 is 35.0 Å². The van der Waals surface area contributed by atoms with E-state index in [1.807, 2.05) is 0 Å². The number of esters is 3. The van der Waals surface area contributed by atoms with Crippen molar-refractivity contribution in [2.24, 2.45) is 11.7 Å². The van der Waals surface area contributed by atoms with E-state index in [1.54, 1.807) is 13.8 Å². The number of nitrogens with two attached hydrogens (primary N) is 2. The average Bonchev–Trinajstić information content (AvgIpc) is 3.39. The predicted molar refractivity (Wildman–Crippen MR) is 116 cm³/mol. The number of hydrogen-bond acceptors (Lipinski definition) is 12. The second-order valence-corrected chi connectivity index (χ2v) is 8.26. The molecule has 0 bridgehead atoms. The normalized spacial score (nSPS) is 21.6. The van der Waals surface area contributed by atoms with E-state index in [2.05, 4.69) is 19.7 Å². The molecule has 3 heterocycles. The standard InChI is InChI=1S/C20H27FN6O8/c1-8(2)14(22)19(31)35-10(5-13(28)32-3)18(30)33-6-11-9(21)4-12(34-11)27-7-24-15-16(27)25-20(23)26-17(15)29/h7-12,14H,4-6,22H2,1-3H3,(H3,23,25,26,29)/t9-,10?,11+,12+,14-/m0/s1. The molecule has 1 aliphatic rings. The van der Waals surface area contributed by atoms with Crippen LogP contribution in [0.3, 0.4) is 0 Å². The third kappa shape index (κ3) is 5.92. The van der Waals surface area contributed by atoms with Gasteiger partial charge in [0.1, 0.15) is 31.2 Å². The Labute approximate surface area is 198 Å². The van der Waals surface area contributed by atoms with Crippen molar-refractivity contribution in [3.05, 3.63) is 16.7 Å². The van der Waals surface area contributed by atoms with Crippen molar-refractivity contribution in [1.82, 2.24) is 19.5 Å². The number of nitrogen functional groups attached to an aromatic ring is 1. The number of nitrogens with zero attached hydrogens (tertiary/aromatic N) is 3. The molecular formula is C20H27FN6O8. The fourth-order valence-corrected chi connectivity index (χ4v) is 3.32. The number of carbonyl (C=O) groups excluding carboxylic acids is 3. The Morgan fingerprint density at radius 2 is 2.06 bits per heavy atom. The first-order chi connectivity index (χ1) is 16.5. The van der Waals surface area contributed by atoms with E-state index >= 15 is 0 Å². The van der Waals surface area contributed by atoms with Gasteiger partial charge in [-0.1, -0.05) is 13.8 Å². The first-order valence-electron chi connectivity index (χ1n) is 10.7. The summed E-state index contributed by atoms with van der Waals surface area (Å²) in [5.74, 6) is -3.25. The predicted octanol–water partition coefficient (Wildman–Crippen LogP) is -0.671. The van der Waals surface area contributed by atoms with Gasteiger partial charge in [-0.25, -0.2) is 14.2 Å². The van der Waals surface area contributed by atoms with E-state index in [1.165, 1.54) is 10.9 Å². The Kier molecular flexibility index (Phi) is 8.01. The van der Waals surface area contributed by atoms with E-state index in [-0.39, 0.29) is 29.5 Å². The van der Waals surface area contributed by atoms with Crippen LogP contribution in [0.4, 0.5) is 10.3 Å². The molecule has 0 amide bonds. The van der Waals surface area contributed by atoms with Gasteiger partial charge in [-0.15, -0.1) is 0 Å². The fourth-order valence-electron chi connectivity index (χ4n) is 3.32. The zero-order valence-corrected chi connectivity index (χ0v) is 19.3. The maximum Gasteiger partial charge on any atom is 0.348 e. The van der Waals surface area contributed by atoms with Crippen LogP contribution in [-0.2, 0) is 33.3 Å². The first kappa shape index (κ1) is 26.0. The van der Waals surface area contributed by atoms with Crippen LogP contribution in [0.2, 0.25) is 0 Å². The maximum absolute atomic E-state index is 14.7. The van der Waals surface area contributed by atoms with Crippen LogP contribution in [0.1, 0.15) is 32.9 Å². The summed E-state index contributed by atoms with van der Waals surface area (Å²) in [5.41, 5.74) is 10.8. The highest BCUT2D eigenvalue weighted by Gasteiger charge is 2.39. The minimum Gasteiger partial charge on any atom is -0.469 e. The van der Waals surface area contributed by atoms with Gasteiger partial charge in [0.25, 0.3) is 5.56 Å². The highest BCUT2D eigenvalue weighted by atomic mass is 19.1. The number of halogens is 1. The highest BCUT2D eigenvalue weighted by molar-refractivity contribution is 5.85. The van der Waals surface area contributed by atoms with Crippen molar-refractivity contribution in [3.8, 4) is 0 Å². The van der Waals surface area contributed by atoms with E-state index < -0.39 is 67.1 Å². The summed E-state index contributed by atoms with van der Waals surface area (Å²) in [6.07, 6.45) is -4.77. The lowest BCUT2D eigenvalue weighted by Crippen LogP contribution is -2.42. The molecule has 0 radical (unpaired) electrons. The van der Waals surface area contributed by atoms with E-state index in [4.69, 9.17) is 25.7 Å². The third-order valence-corrected chi connectivity index (χ3v) is 5.40. The summed E-state index contributed by atoms with van der Waals surface area (Å²) in [7, 11) is 1.10. The molecule has 14 nitrogen and oxygen atoms in total. The number of nitrogens with one attached hydrogen (secondary N) is 1. The lowest BCUT2D eigenvalue weighted by Gasteiger charge is -2.21. The molecule has 15 heteroatoms. The van der Waals surface area contributed by atoms with Gasteiger partial charge in [-0.05, 0) is 5.92 Å². The number of fused-ring (bicyclic) bond motifs is 1. The van der Waals surface area contributed by atoms with Gasteiger partial charge in [-0.3, -0.25) is 23.9 Å². The molecule has 5 atom stereocenters. The summed E-state index contributed by atoms with van der Waals surface area (Å²) >= 11 is 0. The van der Waals surface area contributed by atoms with E-state index in [9.17, 15) is 23.6 Å². The largest absolute Gasteiger partial charge is 0.469 e. The highest BCUT2D eigenvalue weighted by Crippen LogP contribution is 2.32. The zero-order valence-electron chi connectivity index (χ0n) is 19.3. The number of aromatic nitrogens is 4. The molecule has 0 saturated carbocycles. The molecule has 0 spiro atoms. The number of ether oxygens (including phenoxy) is 4. The van der Waals surface area contributed by atoms with Gasteiger partial charge in [-0.2, -0.15) is 4.98 Å². The minimum absolute atomic E-state index is 0.000148. The topological polar surface area (TPSA) is 204 Å². The van der Waals surface area contributed by atoms with E-state index in [0.29, 0.717) is 0 Å². The van der Waals surface area contributed by atoms with Crippen molar-refractivity contribution in [3.63, 3.8) is 0 Å². The van der Waals surface area contributed by atoms with Crippen LogP contribution in [-0.4, -0.2) is 75.6 Å². The van der Waals surface area contributed by atoms with Gasteiger partial charge in [0.15, 0.2) is 11.2 Å². The molecule has 192 valence electrons. The molecule has 1 saturated heterocycles.